The molecule has 0 aliphatic heterocycles. The molecule has 1 unspecified atom stereocenters. The zero-order valence-electron chi connectivity index (χ0n) is 11.4. The second-order valence-corrected chi connectivity index (χ2v) is 5.68. The molecular weight excluding hydrogens is 242 g/mol. The molecule has 0 spiro atoms. The van der Waals surface area contributed by atoms with Crippen LogP contribution in [0.1, 0.15) is 26.7 Å². The summed E-state index contributed by atoms with van der Waals surface area (Å²) in [5, 5.41) is 13.3. The summed E-state index contributed by atoms with van der Waals surface area (Å²) >= 11 is 1.85. The van der Waals surface area contributed by atoms with Gasteiger partial charge in [0.05, 0.1) is 6.10 Å². The van der Waals surface area contributed by atoms with Gasteiger partial charge in [-0.1, -0.05) is 44.9 Å². The van der Waals surface area contributed by atoms with E-state index in [1.165, 1.54) is 4.90 Å². The van der Waals surface area contributed by atoms with Crippen LogP contribution in [0.4, 0.5) is 0 Å². The summed E-state index contributed by atoms with van der Waals surface area (Å²) in [6, 6.07) is 10.4. The summed E-state index contributed by atoms with van der Waals surface area (Å²) in [4.78, 5) is 1.31. The number of nitrogens with one attached hydrogen (secondary N) is 1. The lowest BCUT2D eigenvalue weighted by molar-refractivity contribution is 0.102. The van der Waals surface area contributed by atoms with Crippen molar-refractivity contribution in [3.05, 3.63) is 30.3 Å². The second kappa shape index (κ2) is 9.42. The first-order valence-electron chi connectivity index (χ1n) is 6.84. The third-order valence-electron chi connectivity index (χ3n) is 3.24. The Morgan fingerprint density at radius 3 is 2.44 bits per heavy atom. The van der Waals surface area contributed by atoms with Crippen molar-refractivity contribution < 1.29 is 5.11 Å². The van der Waals surface area contributed by atoms with Crippen LogP contribution in [0.25, 0.3) is 0 Å². The van der Waals surface area contributed by atoms with Gasteiger partial charge in [-0.2, -0.15) is 0 Å². The molecular formula is C15H25NOS. The minimum absolute atomic E-state index is 0.207. The van der Waals surface area contributed by atoms with E-state index in [2.05, 4.69) is 43.4 Å². The molecule has 1 aromatic rings. The molecule has 2 N–H and O–H groups in total. The lowest BCUT2D eigenvalue weighted by Crippen LogP contribution is -2.33. The highest BCUT2D eigenvalue weighted by atomic mass is 32.2. The van der Waals surface area contributed by atoms with E-state index >= 15 is 0 Å². The molecule has 18 heavy (non-hydrogen) atoms. The Kier molecular flexibility index (Phi) is 8.14. The van der Waals surface area contributed by atoms with Crippen molar-refractivity contribution in [3.63, 3.8) is 0 Å². The fourth-order valence-electron chi connectivity index (χ4n) is 2.01. The molecule has 0 aromatic heterocycles. The van der Waals surface area contributed by atoms with Crippen LogP contribution in [-0.4, -0.2) is 30.1 Å². The summed E-state index contributed by atoms with van der Waals surface area (Å²) in [6.07, 6.45) is 1.90. The van der Waals surface area contributed by atoms with E-state index in [1.807, 2.05) is 17.8 Å². The molecule has 3 heteroatoms. The fourth-order valence-corrected chi connectivity index (χ4v) is 2.84. The maximum absolute atomic E-state index is 9.96. The zero-order valence-corrected chi connectivity index (χ0v) is 12.2. The van der Waals surface area contributed by atoms with Crippen molar-refractivity contribution in [1.29, 1.82) is 0 Å². The molecule has 1 rings (SSSR count). The molecule has 0 saturated carbocycles. The molecule has 0 aliphatic carbocycles. The van der Waals surface area contributed by atoms with Crippen LogP contribution in [0.2, 0.25) is 0 Å². The van der Waals surface area contributed by atoms with Gasteiger partial charge in [-0.15, -0.1) is 11.8 Å². The van der Waals surface area contributed by atoms with Crippen molar-refractivity contribution in [2.45, 2.75) is 37.7 Å². The van der Waals surface area contributed by atoms with Crippen LogP contribution in [0.15, 0.2) is 35.2 Å². The minimum Gasteiger partial charge on any atom is -0.392 e. The fraction of sp³-hybridized carbons (Fsp3) is 0.600. The topological polar surface area (TPSA) is 32.3 Å². The summed E-state index contributed by atoms with van der Waals surface area (Å²) in [5.74, 6) is 1.47. The molecule has 0 bridgehead atoms. The Bertz CT molecular complexity index is 301. The van der Waals surface area contributed by atoms with Gasteiger partial charge >= 0.3 is 0 Å². The lowest BCUT2D eigenvalue weighted by atomic mass is 9.97. The molecule has 0 amide bonds. The maximum atomic E-state index is 9.96. The van der Waals surface area contributed by atoms with Crippen molar-refractivity contribution in [2.75, 3.05) is 18.8 Å². The van der Waals surface area contributed by atoms with E-state index in [9.17, 15) is 5.11 Å². The molecule has 0 fully saturated rings. The highest BCUT2D eigenvalue weighted by molar-refractivity contribution is 7.99. The molecule has 0 heterocycles. The van der Waals surface area contributed by atoms with E-state index < -0.39 is 0 Å². The molecule has 2 nitrogen and oxygen atoms in total. The number of benzene rings is 1. The van der Waals surface area contributed by atoms with Gasteiger partial charge in [0.2, 0.25) is 0 Å². The Labute approximate surface area is 115 Å². The molecule has 102 valence electrons. The number of hydrogen-bond donors (Lipinski definition) is 2. The number of hydrogen-bond acceptors (Lipinski definition) is 3. The largest absolute Gasteiger partial charge is 0.392 e. The quantitative estimate of drug-likeness (QED) is 0.532. The summed E-state index contributed by atoms with van der Waals surface area (Å²) in [5.41, 5.74) is 0. The van der Waals surface area contributed by atoms with Crippen molar-refractivity contribution >= 4 is 11.8 Å². The monoisotopic (exact) mass is 267 g/mol. The predicted molar refractivity (Wildman–Crippen MR) is 80.1 cm³/mol. The number of rotatable bonds is 9. The standard InChI is InChI=1S/C15H25NOS/c1-3-13(4-2)15(17)12-16-10-11-18-14-8-6-5-7-9-14/h5-9,13,15-17H,3-4,10-12H2,1-2H3. The lowest BCUT2D eigenvalue weighted by Gasteiger charge is -2.20. The third-order valence-corrected chi connectivity index (χ3v) is 4.25. The van der Waals surface area contributed by atoms with Gasteiger partial charge in [-0.3, -0.25) is 0 Å². The normalized spacial score (nSPS) is 12.9. The van der Waals surface area contributed by atoms with Gasteiger partial charge in [-0.25, -0.2) is 0 Å². The van der Waals surface area contributed by atoms with Crippen LogP contribution >= 0.6 is 11.8 Å². The number of thioether (sulfide) groups is 1. The second-order valence-electron chi connectivity index (χ2n) is 4.51. The molecule has 0 aliphatic rings. The van der Waals surface area contributed by atoms with Crippen LogP contribution in [0.3, 0.4) is 0 Å². The first kappa shape index (κ1) is 15.5. The molecule has 1 aromatic carbocycles. The Hall–Kier alpha value is -0.510. The Morgan fingerprint density at radius 1 is 1.17 bits per heavy atom. The predicted octanol–water partition coefficient (Wildman–Crippen LogP) is 3.17. The average Bonchev–Trinajstić information content (AvgIpc) is 2.41. The van der Waals surface area contributed by atoms with Gasteiger partial charge in [0.25, 0.3) is 0 Å². The van der Waals surface area contributed by atoms with E-state index in [0.29, 0.717) is 12.5 Å². The van der Waals surface area contributed by atoms with Crippen molar-refractivity contribution in [2.24, 2.45) is 5.92 Å². The smallest absolute Gasteiger partial charge is 0.0692 e. The van der Waals surface area contributed by atoms with Gasteiger partial charge < -0.3 is 10.4 Å². The summed E-state index contributed by atoms with van der Waals surface area (Å²) < 4.78 is 0. The first-order valence-corrected chi connectivity index (χ1v) is 7.83. The van der Waals surface area contributed by atoms with E-state index in [4.69, 9.17) is 0 Å². The molecule has 1 atom stereocenters. The Morgan fingerprint density at radius 2 is 1.83 bits per heavy atom. The SMILES string of the molecule is CCC(CC)C(O)CNCCSc1ccccc1. The zero-order chi connectivity index (χ0) is 13.2. The van der Waals surface area contributed by atoms with Gasteiger partial charge in [0.1, 0.15) is 0 Å². The summed E-state index contributed by atoms with van der Waals surface area (Å²) in [6.45, 7) is 5.93. The van der Waals surface area contributed by atoms with Crippen LogP contribution < -0.4 is 5.32 Å². The minimum atomic E-state index is -0.207. The van der Waals surface area contributed by atoms with Gasteiger partial charge in [-0.05, 0) is 18.1 Å². The highest BCUT2D eigenvalue weighted by Gasteiger charge is 2.14. The van der Waals surface area contributed by atoms with Crippen LogP contribution in [0.5, 0.6) is 0 Å². The number of aliphatic hydroxyl groups excluding tert-OH is 1. The first-order chi connectivity index (χ1) is 8.77. The van der Waals surface area contributed by atoms with Crippen molar-refractivity contribution in [3.8, 4) is 0 Å². The molecule has 0 radical (unpaired) electrons. The third kappa shape index (κ3) is 5.89. The van der Waals surface area contributed by atoms with Gasteiger partial charge in [0.15, 0.2) is 0 Å². The maximum Gasteiger partial charge on any atom is 0.0692 e. The number of aliphatic hydroxyl groups is 1. The van der Waals surface area contributed by atoms with E-state index in [1.54, 1.807) is 0 Å². The average molecular weight is 267 g/mol. The van der Waals surface area contributed by atoms with Crippen LogP contribution in [0, 0.1) is 5.92 Å². The Balaban J connectivity index is 2.08. The summed E-state index contributed by atoms with van der Waals surface area (Å²) in [7, 11) is 0. The van der Waals surface area contributed by atoms with Crippen molar-refractivity contribution in [1.82, 2.24) is 5.32 Å². The van der Waals surface area contributed by atoms with E-state index in [0.717, 1.165) is 25.1 Å². The van der Waals surface area contributed by atoms with Crippen LogP contribution in [-0.2, 0) is 0 Å². The molecule has 0 saturated heterocycles. The highest BCUT2D eigenvalue weighted by Crippen LogP contribution is 2.16. The van der Waals surface area contributed by atoms with Gasteiger partial charge in [0, 0.05) is 23.7 Å². The van der Waals surface area contributed by atoms with E-state index in [-0.39, 0.29) is 6.10 Å².